The molecular weight excluding hydrogens is 496 g/mol. The molecule has 0 saturated carbocycles. The number of hydrogen-bond acceptors (Lipinski definition) is 4. The summed E-state index contributed by atoms with van der Waals surface area (Å²) in [7, 11) is -3.56. The van der Waals surface area contributed by atoms with Crippen molar-refractivity contribution in [2.45, 2.75) is 25.7 Å². The SMILES string of the molecule is CC1=[N+](c2ccccc2)COc2c(C)cccc21.Cc1cccc2c1OC[N+](S(=O)(=O)c1ccccc1)=C2. The Kier molecular flexibility index (Phi) is 7.11. The number of rotatable bonds is 3. The van der Waals surface area contributed by atoms with E-state index in [1.807, 2.05) is 43.3 Å². The van der Waals surface area contributed by atoms with Gasteiger partial charge in [0.15, 0.2) is 11.9 Å². The molecule has 6 rings (SSSR count). The van der Waals surface area contributed by atoms with Crippen LogP contribution in [0.25, 0.3) is 0 Å². The van der Waals surface area contributed by atoms with E-state index in [9.17, 15) is 8.42 Å². The molecule has 0 spiro atoms. The minimum absolute atomic E-state index is 0.00488. The van der Waals surface area contributed by atoms with E-state index in [1.165, 1.54) is 26.5 Å². The van der Waals surface area contributed by atoms with Crippen LogP contribution in [0.5, 0.6) is 11.5 Å². The lowest BCUT2D eigenvalue weighted by Crippen LogP contribution is -2.30. The van der Waals surface area contributed by atoms with Crippen LogP contribution in [0.1, 0.15) is 29.2 Å². The second kappa shape index (κ2) is 10.6. The van der Waals surface area contributed by atoms with Crippen molar-refractivity contribution < 1.29 is 26.4 Å². The van der Waals surface area contributed by atoms with Gasteiger partial charge in [0.2, 0.25) is 5.69 Å². The van der Waals surface area contributed by atoms with E-state index >= 15 is 0 Å². The van der Waals surface area contributed by atoms with Gasteiger partial charge in [0.1, 0.15) is 16.4 Å². The molecule has 0 amide bonds. The number of benzene rings is 4. The van der Waals surface area contributed by atoms with Crippen LogP contribution in [0.2, 0.25) is 0 Å². The number of para-hydroxylation sites is 3. The highest BCUT2D eigenvalue weighted by molar-refractivity contribution is 7.85. The predicted octanol–water partition coefficient (Wildman–Crippen LogP) is 5.66. The Hall–Kier alpha value is -4.23. The third-order valence-corrected chi connectivity index (χ3v) is 8.32. The van der Waals surface area contributed by atoms with Crippen molar-refractivity contribution in [2.24, 2.45) is 0 Å². The lowest BCUT2D eigenvalue weighted by Gasteiger charge is -2.18. The zero-order valence-corrected chi connectivity index (χ0v) is 22.5. The third-order valence-electron chi connectivity index (χ3n) is 6.62. The van der Waals surface area contributed by atoms with E-state index in [4.69, 9.17) is 9.47 Å². The number of nitrogens with zero attached hydrogens (tertiary/aromatic N) is 2. The highest BCUT2D eigenvalue weighted by Gasteiger charge is 2.31. The van der Waals surface area contributed by atoms with Crippen molar-refractivity contribution in [3.05, 3.63) is 119 Å². The topological polar surface area (TPSA) is 58.6 Å². The monoisotopic (exact) mass is 526 g/mol. The molecule has 0 aromatic heterocycles. The first-order chi connectivity index (χ1) is 18.4. The highest BCUT2D eigenvalue weighted by Crippen LogP contribution is 2.29. The molecule has 4 aromatic rings. The Balaban J connectivity index is 0.000000156. The van der Waals surface area contributed by atoms with E-state index in [1.54, 1.807) is 36.5 Å². The summed E-state index contributed by atoms with van der Waals surface area (Å²) in [6.45, 7) is 6.74. The maximum atomic E-state index is 12.5. The van der Waals surface area contributed by atoms with E-state index in [0.29, 0.717) is 6.73 Å². The maximum Gasteiger partial charge on any atom is 0.397 e. The van der Waals surface area contributed by atoms with Gasteiger partial charge in [-0.15, -0.1) is 0 Å². The van der Waals surface area contributed by atoms with Crippen molar-refractivity contribution in [3.63, 3.8) is 0 Å². The molecule has 0 atom stereocenters. The summed E-state index contributed by atoms with van der Waals surface area (Å²) in [5.74, 6) is 1.76. The van der Waals surface area contributed by atoms with Crippen LogP contribution >= 0.6 is 0 Å². The van der Waals surface area contributed by atoms with Gasteiger partial charge in [-0.2, -0.15) is 13.0 Å². The molecule has 0 saturated heterocycles. The van der Waals surface area contributed by atoms with Crippen LogP contribution < -0.4 is 9.47 Å². The summed E-state index contributed by atoms with van der Waals surface area (Å²) in [6.07, 6.45) is 1.62. The Morgan fingerprint density at radius 3 is 1.97 bits per heavy atom. The number of aryl methyl sites for hydroxylation is 2. The van der Waals surface area contributed by atoms with Crippen molar-refractivity contribution in [1.29, 1.82) is 0 Å². The molecule has 0 fully saturated rings. The largest absolute Gasteiger partial charge is 0.435 e. The van der Waals surface area contributed by atoms with Crippen molar-refractivity contribution >= 4 is 27.6 Å². The van der Waals surface area contributed by atoms with E-state index in [-0.39, 0.29) is 11.6 Å². The van der Waals surface area contributed by atoms with E-state index in [0.717, 1.165) is 22.6 Å². The molecule has 0 bridgehead atoms. The van der Waals surface area contributed by atoms with Gasteiger partial charge < -0.3 is 9.47 Å². The fourth-order valence-electron chi connectivity index (χ4n) is 4.54. The van der Waals surface area contributed by atoms with Crippen LogP contribution in [0.3, 0.4) is 0 Å². The molecule has 0 radical (unpaired) electrons. The summed E-state index contributed by atoms with van der Waals surface area (Å²) in [6, 6.07) is 30.6. The summed E-state index contributed by atoms with van der Waals surface area (Å²) in [5, 5.41) is 0. The fraction of sp³-hybridized carbons (Fsp3) is 0.161. The lowest BCUT2D eigenvalue weighted by molar-refractivity contribution is -0.481. The van der Waals surface area contributed by atoms with Crippen LogP contribution in [0.15, 0.2) is 102 Å². The second-order valence-electron chi connectivity index (χ2n) is 9.18. The quantitative estimate of drug-likeness (QED) is 0.323. The minimum atomic E-state index is -3.56. The molecular formula is C31H30N2O4S+2. The van der Waals surface area contributed by atoms with Gasteiger partial charge in [-0.05, 0) is 49.2 Å². The minimum Gasteiger partial charge on any atom is -0.435 e. The van der Waals surface area contributed by atoms with Gasteiger partial charge in [-0.1, -0.05) is 64.6 Å². The van der Waals surface area contributed by atoms with Crippen LogP contribution in [0, 0.1) is 13.8 Å². The number of sulfonamides is 1. The van der Waals surface area contributed by atoms with E-state index in [2.05, 4.69) is 48.8 Å². The first-order valence-corrected chi connectivity index (χ1v) is 13.8. The summed E-state index contributed by atoms with van der Waals surface area (Å²) in [5.41, 5.74) is 6.56. The van der Waals surface area contributed by atoms with E-state index < -0.39 is 10.0 Å². The Morgan fingerprint density at radius 2 is 1.26 bits per heavy atom. The zero-order valence-electron chi connectivity index (χ0n) is 21.7. The zero-order chi connectivity index (χ0) is 26.7. The van der Waals surface area contributed by atoms with Gasteiger partial charge in [0.25, 0.3) is 6.73 Å². The van der Waals surface area contributed by atoms with Gasteiger partial charge >= 0.3 is 16.8 Å². The predicted molar refractivity (Wildman–Crippen MR) is 149 cm³/mol. The number of hydrogen-bond donors (Lipinski definition) is 0. The van der Waals surface area contributed by atoms with Crippen LogP contribution in [0.4, 0.5) is 5.69 Å². The van der Waals surface area contributed by atoms with Crippen molar-refractivity contribution in [1.82, 2.24) is 0 Å². The molecule has 2 aliphatic heterocycles. The Bertz CT molecular complexity index is 1640. The summed E-state index contributed by atoms with van der Waals surface area (Å²) >= 11 is 0. The molecule has 2 aliphatic rings. The molecule has 4 aromatic carbocycles. The normalized spacial score (nSPS) is 14.1. The second-order valence-corrected chi connectivity index (χ2v) is 11.1. The molecule has 2 heterocycles. The number of ether oxygens (including phenoxy) is 2. The van der Waals surface area contributed by atoms with Crippen molar-refractivity contribution in [2.75, 3.05) is 13.5 Å². The lowest BCUT2D eigenvalue weighted by atomic mass is 10.0. The van der Waals surface area contributed by atoms with Crippen LogP contribution in [-0.4, -0.2) is 42.4 Å². The molecule has 0 N–H and O–H groups in total. The smallest absolute Gasteiger partial charge is 0.397 e. The Morgan fingerprint density at radius 1 is 0.658 bits per heavy atom. The Labute approximate surface area is 223 Å². The summed E-state index contributed by atoms with van der Waals surface area (Å²) < 4.78 is 39.9. The standard InChI is InChI=1S/C16H16NO.C15H14NO3S/c1-12-7-6-10-15-13(2)17(11-18-16(12)15)14-8-4-3-5-9-14;1-12-6-5-7-13-10-16(11-19-15(12)13)20(17,18)14-8-3-2-4-9-14/h3-10H,11H2,1-2H3;2-10H,11H2,1H3/q2*+1. The first-order valence-electron chi connectivity index (χ1n) is 12.4. The maximum absolute atomic E-state index is 12.5. The highest BCUT2D eigenvalue weighted by atomic mass is 32.2. The molecule has 0 unspecified atom stereocenters. The van der Waals surface area contributed by atoms with Crippen molar-refractivity contribution in [3.8, 4) is 11.5 Å². The molecule has 192 valence electrons. The molecule has 38 heavy (non-hydrogen) atoms. The number of fused-ring (bicyclic) bond motifs is 2. The van der Waals surface area contributed by atoms with Gasteiger partial charge in [-0.25, -0.2) is 0 Å². The first kappa shape index (κ1) is 25.4. The van der Waals surface area contributed by atoms with Crippen LogP contribution in [-0.2, 0) is 10.0 Å². The van der Waals surface area contributed by atoms with Gasteiger partial charge in [0.05, 0.1) is 11.1 Å². The average Bonchev–Trinajstić information content (AvgIpc) is 2.95. The molecule has 7 heteroatoms. The van der Waals surface area contributed by atoms with Gasteiger partial charge in [0, 0.05) is 19.1 Å². The average molecular weight is 527 g/mol. The third kappa shape index (κ3) is 4.97. The molecule has 0 aliphatic carbocycles. The fourth-order valence-corrected chi connectivity index (χ4v) is 5.75. The summed E-state index contributed by atoms with van der Waals surface area (Å²) in [4.78, 5) is 0.260. The van der Waals surface area contributed by atoms with Gasteiger partial charge in [-0.3, -0.25) is 0 Å². The molecule has 6 nitrogen and oxygen atoms in total.